The SMILES string of the molecule is C=C/C(=C\C=C/C)C(=NNS(=O)(=O)c1ccc(C)cc1)C1CCCN(P)C1. The first kappa shape index (κ1) is 21.5. The van der Waals surface area contributed by atoms with E-state index in [9.17, 15) is 8.42 Å². The Morgan fingerprint density at radius 1 is 1.37 bits per heavy atom. The van der Waals surface area contributed by atoms with E-state index in [1.54, 1.807) is 30.3 Å². The number of sulfonamides is 1. The molecule has 0 aliphatic carbocycles. The van der Waals surface area contributed by atoms with E-state index >= 15 is 0 Å². The van der Waals surface area contributed by atoms with Gasteiger partial charge in [-0.15, -0.1) is 0 Å². The minimum atomic E-state index is -3.72. The molecule has 1 fully saturated rings. The number of nitrogens with one attached hydrogen (secondary N) is 1. The van der Waals surface area contributed by atoms with E-state index in [2.05, 4.69) is 30.6 Å². The molecule has 2 unspecified atom stereocenters. The quantitative estimate of drug-likeness (QED) is 0.325. The molecule has 7 heteroatoms. The highest BCUT2D eigenvalue weighted by atomic mass is 32.2. The third-order valence-corrected chi connectivity index (χ3v) is 6.13. The van der Waals surface area contributed by atoms with Gasteiger partial charge in [0.2, 0.25) is 0 Å². The predicted molar refractivity (Wildman–Crippen MR) is 116 cm³/mol. The second-order valence-corrected chi connectivity index (χ2v) is 8.98. The predicted octanol–water partition coefficient (Wildman–Crippen LogP) is 3.82. The molecule has 1 aliphatic rings. The molecule has 0 radical (unpaired) electrons. The van der Waals surface area contributed by atoms with Crippen LogP contribution >= 0.6 is 9.39 Å². The summed E-state index contributed by atoms with van der Waals surface area (Å²) in [7, 11) is -1.000. The molecular formula is C20H28N3O2PS. The molecule has 0 aromatic heterocycles. The van der Waals surface area contributed by atoms with Crippen molar-refractivity contribution in [2.24, 2.45) is 11.0 Å². The number of nitrogens with zero attached hydrogens (tertiary/aromatic N) is 2. The van der Waals surface area contributed by atoms with Crippen LogP contribution in [0.2, 0.25) is 0 Å². The summed E-state index contributed by atoms with van der Waals surface area (Å²) >= 11 is 0. The number of rotatable bonds is 7. The van der Waals surface area contributed by atoms with Crippen LogP contribution in [0.1, 0.15) is 25.3 Å². The summed E-state index contributed by atoms with van der Waals surface area (Å²) in [5.41, 5.74) is 2.54. The lowest BCUT2D eigenvalue weighted by molar-refractivity contribution is 0.337. The lowest BCUT2D eigenvalue weighted by Gasteiger charge is -2.30. The molecule has 1 N–H and O–H groups in total. The van der Waals surface area contributed by atoms with Gasteiger partial charge < -0.3 is 0 Å². The smallest absolute Gasteiger partial charge is 0.276 e. The zero-order valence-corrected chi connectivity index (χ0v) is 17.9. The Kier molecular flexibility index (Phi) is 7.96. The van der Waals surface area contributed by atoms with E-state index in [-0.39, 0.29) is 10.8 Å². The average Bonchev–Trinajstić information content (AvgIpc) is 2.64. The molecule has 0 bridgehead atoms. The van der Waals surface area contributed by atoms with E-state index in [0.29, 0.717) is 5.71 Å². The highest BCUT2D eigenvalue weighted by Crippen LogP contribution is 2.24. The zero-order valence-electron chi connectivity index (χ0n) is 15.9. The van der Waals surface area contributed by atoms with Crippen LogP contribution in [0.15, 0.2) is 70.7 Å². The fourth-order valence-corrected chi connectivity index (χ4v) is 4.21. The van der Waals surface area contributed by atoms with Crippen molar-refractivity contribution in [3.8, 4) is 0 Å². The Balaban J connectivity index is 2.36. The van der Waals surface area contributed by atoms with Crippen LogP contribution in [0.5, 0.6) is 0 Å². The van der Waals surface area contributed by atoms with Gasteiger partial charge in [-0.05, 0) is 44.4 Å². The Hall–Kier alpha value is -1.75. The first-order valence-corrected chi connectivity index (χ1v) is 11.0. The summed E-state index contributed by atoms with van der Waals surface area (Å²) in [6.07, 6.45) is 9.44. The molecular weight excluding hydrogens is 377 g/mol. The fraction of sp³-hybridized carbons (Fsp3) is 0.350. The Labute approximate surface area is 165 Å². The second-order valence-electron chi connectivity index (χ2n) is 6.59. The number of allylic oxidation sites excluding steroid dienone is 5. The standard InChI is InChI=1S/C20H28N3O2PS/c1-4-6-8-17(5-2)20(18-9-7-14-23(26)15-18)21-22-27(24,25)19-12-10-16(3)11-13-19/h4-6,8,10-13,18,22H,2,7,9,14-15,26H2,1,3H3/b6-4-,17-8+,21-20?. The summed E-state index contributed by atoms with van der Waals surface area (Å²) in [5.74, 6) is 0.131. The van der Waals surface area contributed by atoms with Crippen molar-refractivity contribution < 1.29 is 8.42 Å². The van der Waals surface area contributed by atoms with Crippen LogP contribution in [0, 0.1) is 12.8 Å². The second kappa shape index (κ2) is 9.98. The zero-order chi connectivity index (χ0) is 19.9. The molecule has 1 aromatic carbocycles. The Morgan fingerprint density at radius 2 is 2.07 bits per heavy atom. The van der Waals surface area contributed by atoms with Gasteiger partial charge in [0.15, 0.2) is 0 Å². The maximum Gasteiger partial charge on any atom is 0.276 e. The van der Waals surface area contributed by atoms with Crippen molar-refractivity contribution in [3.05, 3.63) is 66.3 Å². The first-order chi connectivity index (χ1) is 12.9. The van der Waals surface area contributed by atoms with E-state index in [1.807, 2.05) is 32.1 Å². The van der Waals surface area contributed by atoms with Crippen molar-refractivity contribution in [2.75, 3.05) is 13.1 Å². The Morgan fingerprint density at radius 3 is 2.67 bits per heavy atom. The van der Waals surface area contributed by atoms with Crippen LogP contribution in [-0.4, -0.2) is 31.9 Å². The van der Waals surface area contributed by atoms with E-state index in [0.717, 1.165) is 37.1 Å². The average molecular weight is 406 g/mol. The van der Waals surface area contributed by atoms with Crippen molar-refractivity contribution in [3.63, 3.8) is 0 Å². The summed E-state index contributed by atoms with van der Waals surface area (Å²) in [6, 6.07) is 6.71. The van der Waals surface area contributed by atoms with Gasteiger partial charge in [0.05, 0.1) is 10.6 Å². The molecule has 1 aromatic rings. The number of hydrogen-bond acceptors (Lipinski definition) is 4. The molecule has 27 heavy (non-hydrogen) atoms. The summed E-state index contributed by atoms with van der Waals surface area (Å²) in [5, 5.41) is 4.35. The highest BCUT2D eigenvalue weighted by Gasteiger charge is 2.25. The Bertz CT molecular complexity index is 842. The van der Waals surface area contributed by atoms with E-state index in [1.165, 1.54) is 0 Å². The molecule has 146 valence electrons. The first-order valence-electron chi connectivity index (χ1n) is 8.99. The molecule has 1 aliphatic heterocycles. The summed E-state index contributed by atoms with van der Waals surface area (Å²) in [4.78, 5) is 2.62. The molecule has 0 amide bonds. The van der Waals surface area contributed by atoms with Crippen LogP contribution in [-0.2, 0) is 10.0 Å². The molecule has 1 saturated heterocycles. The lowest BCUT2D eigenvalue weighted by Crippen LogP contribution is -2.35. The van der Waals surface area contributed by atoms with Gasteiger partial charge in [0.25, 0.3) is 10.0 Å². The van der Waals surface area contributed by atoms with Gasteiger partial charge in [-0.3, -0.25) is 4.67 Å². The number of hydrogen-bond donors (Lipinski definition) is 1. The van der Waals surface area contributed by atoms with Gasteiger partial charge in [0.1, 0.15) is 0 Å². The molecule has 1 heterocycles. The van der Waals surface area contributed by atoms with Crippen molar-refractivity contribution in [2.45, 2.75) is 31.6 Å². The van der Waals surface area contributed by atoms with Gasteiger partial charge in [-0.1, -0.05) is 58.0 Å². The highest BCUT2D eigenvalue weighted by molar-refractivity contribution is 7.89. The van der Waals surface area contributed by atoms with Gasteiger partial charge in [-0.25, -0.2) is 0 Å². The van der Waals surface area contributed by atoms with E-state index in [4.69, 9.17) is 0 Å². The normalized spacial score (nSPS) is 20.0. The van der Waals surface area contributed by atoms with Crippen LogP contribution in [0.3, 0.4) is 0 Å². The van der Waals surface area contributed by atoms with Crippen LogP contribution in [0.4, 0.5) is 0 Å². The molecule has 0 spiro atoms. The van der Waals surface area contributed by atoms with Gasteiger partial charge in [-0.2, -0.15) is 18.4 Å². The number of aryl methyl sites for hydroxylation is 1. The number of hydrazone groups is 1. The number of benzene rings is 1. The van der Waals surface area contributed by atoms with Gasteiger partial charge in [0, 0.05) is 19.0 Å². The van der Waals surface area contributed by atoms with E-state index < -0.39 is 10.0 Å². The summed E-state index contributed by atoms with van der Waals surface area (Å²) in [6.45, 7) is 9.54. The van der Waals surface area contributed by atoms with Crippen molar-refractivity contribution >= 4 is 25.1 Å². The molecule has 2 atom stereocenters. The molecule has 2 rings (SSSR count). The fourth-order valence-electron chi connectivity index (χ4n) is 2.96. The molecule has 5 nitrogen and oxygen atoms in total. The summed E-state index contributed by atoms with van der Waals surface area (Å²) < 4.78 is 27.4. The third-order valence-electron chi connectivity index (χ3n) is 4.44. The largest absolute Gasteiger partial charge is 0.287 e. The number of piperidine rings is 1. The van der Waals surface area contributed by atoms with Gasteiger partial charge >= 0.3 is 0 Å². The van der Waals surface area contributed by atoms with Crippen molar-refractivity contribution in [1.82, 2.24) is 9.50 Å². The maximum atomic E-state index is 12.6. The van der Waals surface area contributed by atoms with Crippen LogP contribution in [0.25, 0.3) is 0 Å². The van der Waals surface area contributed by atoms with Crippen molar-refractivity contribution in [1.29, 1.82) is 0 Å². The lowest BCUT2D eigenvalue weighted by atomic mass is 9.89. The minimum absolute atomic E-state index is 0.131. The maximum absolute atomic E-state index is 12.6. The minimum Gasteiger partial charge on any atom is -0.287 e. The van der Waals surface area contributed by atoms with Crippen LogP contribution < -0.4 is 4.83 Å². The topological polar surface area (TPSA) is 61.8 Å². The molecule has 0 saturated carbocycles. The monoisotopic (exact) mass is 405 g/mol. The third kappa shape index (κ3) is 6.13.